The largest absolute Gasteiger partial charge is 0.382 e. The maximum atomic E-state index is 5.72. The number of aromatic amines is 1. The van der Waals surface area contributed by atoms with E-state index in [2.05, 4.69) is 19.7 Å². The van der Waals surface area contributed by atoms with E-state index < -0.39 is 0 Å². The summed E-state index contributed by atoms with van der Waals surface area (Å²) >= 11 is 2.97. The molecule has 0 unspecified atom stereocenters. The van der Waals surface area contributed by atoms with Crippen molar-refractivity contribution in [2.24, 2.45) is 0 Å². The molecule has 7 heteroatoms. The minimum absolute atomic E-state index is 0.592. The molecule has 80 valence electrons. The van der Waals surface area contributed by atoms with Gasteiger partial charge in [-0.05, 0) is 17.8 Å². The quantitative estimate of drug-likeness (QED) is 0.711. The fourth-order valence-electron chi connectivity index (χ4n) is 1.16. The number of hydrogen-bond acceptors (Lipinski definition) is 6. The summed E-state index contributed by atoms with van der Waals surface area (Å²) in [6.45, 7) is 0.655. The van der Waals surface area contributed by atoms with Gasteiger partial charge in [0.1, 0.15) is 10.8 Å². The molecule has 0 aromatic carbocycles. The molecule has 0 aliphatic rings. The molecule has 0 aliphatic heterocycles. The summed E-state index contributed by atoms with van der Waals surface area (Å²) in [6.07, 6.45) is 5.51. The number of anilines is 2. The highest BCUT2D eigenvalue weighted by atomic mass is 32.2. The summed E-state index contributed by atoms with van der Waals surface area (Å²) in [7, 11) is 0. The predicted octanol–water partition coefficient (Wildman–Crippen LogP) is 1.78. The van der Waals surface area contributed by atoms with E-state index in [0.29, 0.717) is 12.4 Å². The first-order chi connectivity index (χ1) is 7.31. The molecule has 0 spiro atoms. The lowest BCUT2D eigenvalue weighted by Crippen LogP contribution is -2.00. The Labute approximate surface area is 95.7 Å². The molecular weight excluding hydrogens is 230 g/mol. The number of imidazole rings is 1. The number of nitrogens with two attached hydrogens (primary N) is 1. The molecule has 15 heavy (non-hydrogen) atoms. The van der Waals surface area contributed by atoms with E-state index in [1.807, 2.05) is 6.26 Å². The third kappa shape index (κ3) is 2.24. The summed E-state index contributed by atoms with van der Waals surface area (Å²) in [6, 6.07) is 0. The first-order valence-electron chi connectivity index (χ1n) is 4.32. The third-order valence-corrected chi connectivity index (χ3v) is 3.62. The van der Waals surface area contributed by atoms with Crippen LogP contribution in [0, 0.1) is 0 Å². The number of H-pyrrole nitrogens is 1. The van der Waals surface area contributed by atoms with Crippen molar-refractivity contribution in [3.63, 3.8) is 0 Å². The monoisotopic (exact) mass is 241 g/mol. The van der Waals surface area contributed by atoms with Crippen molar-refractivity contribution in [1.29, 1.82) is 0 Å². The van der Waals surface area contributed by atoms with Crippen molar-refractivity contribution < 1.29 is 0 Å². The molecule has 2 heterocycles. The average molecular weight is 241 g/mol. The van der Waals surface area contributed by atoms with Crippen LogP contribution in [0.15, 0.2) is 17.3 Å². The Morgan fingerprint density at radius 3 is 3.20 bits per heavy atom. The van der Waals surface area contributed by atoms with Gasteiger partial charge in [0.25, 0.3) is 0 Å². The van der Waals surface area contributed by atoms with Gasteiger partial charge < -0.3 is 16.0 Å². The Morgan fingerprint density at radius 1 is 1.67 bits per heavy atom. The fraction of sp³-hybridized carbons (Fsp3) is 0.250. The smallest absolute Gasteiger partial charge is 0.153 e. The topological polar surface area (TPSA) is 79.6 Å². The van der Waals surface area contributed by atoms with Crippen LogP contribution in [-0.2, 0) is 6.54 Å². The van der Waals surface area contributed by atoms with Crippen molar-refractivity contribution in [2.75, 3.05) is 17.3 Å². The predicted molar refractivity (Wildman–Crippen MR) is 64.2 cm³/mol. The van der Waals surface area contributed by atoms with Gasteiger partial charge in [-0.3, -0.25) is 0 Å². The number of nitrogens with one attached hydrogen (secondary N) is 2. The molecule has 0 aliphatic carbocycles. The fourth-order valence-corrected chi connectivity index (χ4v) is 2.70. The minimum Gasteiger partial charge on any atom is -0.382 e. The Kier molecular flexibility index (Phi) is 3.12. The highest BCUT2D eigenvalue weighted by Crippen LogP contribution is 2.34. The van der Waals surface area contributed by atoms with Crippen LogP contribution in [0.4, 0.5) is 10.8 Å². The van der Waals surface area contributed by atoms with Gasteiger partial charge in [-0.1, -0.05) is 0 Å². The van der Waals surface area contributed by atoms with E-state index in [1.165, 1.54) is 11.5 Å². The molecule has 0 radical (unpaired) electrons. The zero-order valence-electron chi connectivity index (χ0n) is 8.15. The molecule has 0 bridgehead atoms. The van der Waals surface area contributed by atoms with Gasteiger partial charge in [-0.2, -0.15) is 4.37 Å². The van der Waals surface area contributed by atoms with E-state index >= 15 is 0 Å². The van der Waals surface area contributed by atoms with E-state index in [4.69, 9.17) is 5.73 Å². The maximum Gasteiger partial charge on any atom is 0.153 e. The summed E-state index contributed by atoms with van der Waals surface area (Å²) in [5.74, 6) is 1.49. The maximum absolute atomic E-state index is 5.72. The zero-order chi connectivity index (χ0) is 10.7. The van der Waals surface area contributed by atoms with E-state index in [0.717, 1.165) is 15.7 Å². The molecule has 0 saturated heterocycles. The molecule has 4 N–H and O–H groups in total. The van der Waals surface area contributed by atoms with Crippen molar-refractivity contribution in [2.45, 2.75) is 11.4 Å². The molecule has 2 aromatic rings. The molecule has 0 amide bonds. The van der Waals surface area contributed by atoms with Gasteiger partial charge in [0.05, 0.1) is 11.4 Å². The van der Waals surface area contributed by atoms with Gasteiger partial charge in [0.15, 0.2) is 5.82 Å². The number of thioether (sulfide) groups is 1. The second-order valence-corrected chi connectivity index (χ2v) is 4.41. The molecule has 5 nitrogen and oxygen atoms in total. The van der Waals surface area contributed by atoms with Gasteiger partial charge >= 0.3 is 0 Å². The van der Waals surface area contributed by atoms with Crippen molar-refractivity contribution in [3.05, 3.63) is 18.2 Å². The number of hydrogen-bond donors (Lipinski definition) is 3. The molecule has 0 saturated carbocycles. The summed E-state index contributed by atoms with van der Waals surface area (Å²) in [5, 5.41) is 4.25. The van der Waals surface area contributed by atoms with Crippen LogP contribution in [0.3, 0.4) is 0 Å². The van der Waals surface area contributed by atoms with Gasteiger partial charge in [0, 0.05) is 12.4 Å². The molecule has 0 atom stereocenters. The van der Waals surface area contributed by atoms with E-state index in [9.17, 15) is 0 Å². The van der Waals surface area contributed by atoms with Gasteiger partial charge in [-0.25, -0.2) is 4.98 Å². The van der Waals surface area contributed by atoms with Gasteiger partial charge in [0.2, 0.25) is 0 Å². The van der Waals surface area contributed by atoms with Crippen LogP contribution in [-0.4, -0.2) is 20.6 Å². The van der Waals surface area contributed by atoms with Crippen LogP contribution in [0.5, 0.6) is 0 Å². The number of rotatable bonds is 4. The molecule has 2 aromatic heterocycles. The zero-order valence-corrected chi connectivity index (χ0v) is 9.78. The summed E-state index contributed by atoms with van der Waals surface area (Å²) < 4.78 is 4.09. The standard InChI is InChI=1S/C8H11N5S2/c1-14-6-7(9)13-15-8(6)12-4-5-10-2-3-11-5/h2-3,12H,4H2,1H3,(H2,9,13)(H,10,11). The van der Waals surface area contributed by atoms with E-state index in [1.54, 1.807) is 24.2 Å². The normalized spacial score (nSPS) is 10.5. The minimum atomic E-state index is 0.592. The molecular formula is C8H11N5S2. The van der Waals surface area contributed by atoms with Crippen LogP contribution in [0.25, 0.3) is 0 Å². The second-order valence-electron chi connectivity index (χ2n) is 2.82. The Morgan fingerprint density at radius 2 is 2.53 bits per heavy atom. The van der Waals surface area contributed by atoms with Crippen molar-refractivity contribution >= 4 is 34.1 Å². The SMILES string of the molecule is CSc1c(N)nsc1NCc1ncc[nH]1. The Hall–Kier alpha value is -1.21. The van der Waals surface area contributed by atoms with E-state index in [-0.39, 0.29) is 0 Å². The van der Waals surface area contributed by atoms with Crippen LogP contribution >= 0.6 is 23.3 Å². The highest BCUT2D eigenvalue weighted by Gasteiger charge is 2.09. The molecule has 0 fully saturated rings. The highest BCUT2D eigenvalue weighted by molar-refractivity contribution is 7.99. The first kappa shape index (κ1) is 10.3. The van der Waals surface area contributed by atoms with Gasteiger partial charge in [-0.15, -0.1) is 11.8 Å². The summed E-state index contributed by atoms with van der Waals surface area (Å²) in [4.78, 5) is 8.15. The average Bonchev–Trinajstić information content (AvgIpc) is 2.84. The molecule has 2 rings (SSSR count). The second kappa shape index (κ2) is 4.54. The lowest BCUT2D eigenvalue weighted by molar-refractivity contribution is 1.00. The third-order valence-electron chi connectivity index (χ3n) is 1.85. The summed E-state index contributed by atoms with van der Waals surface area (Å²) in [5.41, 5.74) is 5.72. The lowest BCUT2D eigenvalue weighted by Gasteiger charge is -2.02. The van der Waals surface area contributed by atoms with Crippen molar-refractivity contribution in [3.8, 4) is 0 Å². The number of nitrogens with zero attached hydrogens (tertiary/aromatic N) is 2. The van der Waals surface area contributed by atoms with Crippen LogP contribution < -0.4 is 11.1 Å². The van der Waals surface area contributed by atoms with Crippen LogP contribution in [0.2, 0.25) is 0 Å². The number of nitrogen functional groups attached to an aromatic ring is 1. The van der Waals surface area contributed by atoms with Crippen molar-refractivity contribution in [1.82, 2.24) is 14.3 Å². The Bertz CT molecular complexity index is 422. The van der Waals surface area contributed by atoms with Crippen LogP contribution in [0.1, 0.15) is 5.82 Å². The first-order valence-corrected chi connectivity index (χ1v) is 6.32. The lowest BCUT2D eigenvalue weighted by atomic mass is 10.5. The Balaban J connectivity index is 2.05. The number of aromatic nitrogens is 3.